The molecule has 0 heterocycles. The molecule has 0 aromatic rings. The van der Waals surface area contributed by atoms with E-state index in [9.17, 15) is 4.57 Å². The van der Waals surface area contributed by atoms with Gasteiger partial charge in [0.25, 0.3) is 0 Å². The average Bonchev–Trinajstić information content (AvgIpc) is 1.88. The summed E-state index contributed by atoms with van der Waals surface area (Å²) in [6.07, 6.45) is -0.966. The molecule has 4 heteroatoms. The summed E-state index contributed by atoms with van der Waals surface area (Å²) in [5.74, 6) is 0.933. The predicted molar refractivity (Wildman–Crippen MR) is 54.8 cm³/mol. The highest BCUT2D eigenvalue weighted by atomic mass is 32.7. The van der Waals surface area contributed by atoms with Crippen molar-refractivity contribution in [3.8, 4) is 0 Å². The van der Waals surface area contributed by atoms with Crippen molar-refractivity contribution in [2.75, 3.05) is 19.0 Å². The smallest absolute Gasteiger partial charge is 0.138 e. The third-order valence-corrected chi connectivity index (χ3v) is 7.84. The fraction of sp³-hybridized carbons (Fsp3) is 1.00. The number of hydrogen-bond donors (Lipinski definition) is 1. The molecule has 0 aliphatic carbocycles. The largest absolute Gasteiger partial charge is 0.330 e. The van der Waals surface area contributed by atoms with Gasteiger partial charge in [0.15, 0.2) is 0 Å². The van der Waals surface area contributed by atoms with Gasteiger partial charge in [0.05, 0.1) is 0 Å². The van der Waals surface area contributed by atoms with Crippen molar-refractivity contribution in [1.29, 1.82) is 0 Å². The van der Waals surface area contributed by atoms with Crippen LogP contribution >= 0.6 is 17.7 Å². The maximum atomic E-state index is 11.7. The lowest BCUT2D eigenvalue weighted by Gasteiger charge is -2.15. The van der Waals surface area contributed by atoms with Gasteiger partial charge in [-0.1, -0.05) is 25.2 Å². The molecular weight excluding hydrogens is 177 g/mol. The van der Waals surface area contributed by atoms with E-state index in [0.717, 1.165) is 12.2 Å². The number of hydrogen-bond acceptors (Lipinski definition) is 3. The third kappa shape index (κ3) is 4.89. The van der Waals surface area contributed by atoms with Crippen molar-refractivity contribution in [2.45, 2.75) is 25.9 Å². The molecule has 2 nitrogen and oxygen atoms in total. The van der Waals surface area contributed by atoms with Crippen LogP contribution in [-0.4, -0.2) is 24.6 Å². The monoisotopic (exact) mass is 195 g/mol. The molecule has 0 fully saturated rings. The van der Waals surface area contributed by atoms with Gasteiger partial charge in [-0.05, 0) is 19.6 Å². The molecule has 0 aromatic carbocycles. The van der Waals surface area contributed by atoms with Crippen LogP contribution in [0.25, 0.3) is 0 Å². The molecule has 0 amide bonds. The Balaban J connectivity index is 3.65. The summed E-state index contributed by atoms with van der Waals surface area (Å²) in [7, 11) is 0. The molecular formula is C7H18NOPS. The van der Waals surface area contributed by atoms with Crippen LogP contribution in [0, 0.1) is 0 Å². The Morgan fingerprint density at radius 2 is 2.09 bits per heavy atom. The Morgan fingerprint density at radius 3 is 2.45 bits per heavy atom. The molecule has 0 saturated heterocycles. The van der Waals surface area contributed by atoms with Crippen LogP contribution < -0.4 is 5.73 Å². The van der Waals surface area contributed by atoms with Gasteiger partial charge >= 0.3 is 0 Å². The fourth-order valence-corrected chi connectivity index (χ4v) is 3.80. The van der Waals surface area contributed by atoms with E-state index in [4.69, 9.17) is 5.73 Å². The maximum absolute atomic E-state index is 11.7. The van der Waals surface area contributed by atoms with Gasteiger partial charge in [-0.25, -0.2) is 0 Å². The summed E-state index contributed by atoms with van der Waals surface area (Å²) in [4.78, 5) is 0. The van der Waals surface area contributed by atoms with Crippen LogP contribution in [0.4, 0.5) is 0 Å². The van der Waals surface area contributed by atoms with Crippen molar-refractivity contribution in [3.63, 3.8) is 0 Å². The number of rotatable bonds is 5. The van der Waals surface area contributed by atoms with E-state index in [1.54, 1.807) is 11.4 Å². The minimum atomic E-state index is -1.93. The van der Waals surface area contributed by atoms with Crippen molar-refractivity contribution in [3.05, 3.63) is 0 Å². The minimum absolute atomic E-state index is 0.297. The van der Waals surface area contributed by atoms with Gasteiger partial charge in [0.2, 0.25) is 0 Å². The predicted octanol–water partition coefficient (Wildman–Crippen LogP) is 2.38. The maximum Gasteiger partial charge on any atom is 0.138 e. The molecule has 2 N–H and O–H groups in total. The SMILES string of the molecule is CC(C)P(C)(=O)SCCCN. The molecule has 0 bridgehead atoms. The first-order chi connectivity index (χ1) is 5.00. The highest BCUT2D eigenvalue weighted by Crippen LogP contribution is 2.59. The Labute approximate surface area is 73.4 Å². The van der Waals surface area contributed by atoms with Crippen LogP contribution in [0.5, 0.6) is 0 Å². The molecule has 0 aliphatic heterocycles. The van der Waals surface area contributed by atoms with Crippen LogP contribution in [-0.2, 0) is 4.57 Å². The van der Waals surface area contributed by atoms with Crippen molar-refractivity contribution in [1.82, 2.24) is 0 Å². The first-order valence-corrected chi connectivity index (χ1v) is 7.74. The molecule has 11 heavy (non-hydrogen) atoms. The minimum Gasteiger partial charge on any atom is -0.330 e. The molecule has 0 spiro atoms. The van der Waals surface area contributed by atoms with E-state index in [-0.39, 0.29) is 0 Å². The highest BCUT2D eigenvalue weighted by molar-refractivity contribution is 8.58. The molecule has 0 aromatic heterocycles. The first-order valence-electron chi connectivity index (χ1n) is 3.92. The lowest BCUT2D eigenvalue weighted by Crippen LogP contribution is -2.00. The third-order valence-electron chi connectivity index (χ3n) is 1.63. The van der Waals surface area contributed by atoms with Gasteiger partial charge in [0.1, 0.15) is 6.34 Å². The van der Waals surface area contributed by atoms with Crippen molar-refractivity contribution >= 4 is 17.7 Å². The molecule has 68 valence electrons. The van der Waals surface area contributed by atoms with Gasteiger partial charge < -0.3 is 10.3 Å². The highest BCUT2D eigenvalue weighted by Gasteiger charge is 2.19. The molecule has 0 aliphatic rings. The Bertz CT molecular complexity index is 149. The van der Waals surface area contributed by atoms with Gasteiger partial charge in [-0.2, -0.15) is 0 Å². The van der Waals surface area contributed by atoms with Crippen molar-refractivity contribution in [2.24, 2.45) is 5.73 Å². The second kappa shape index (κ2) is 5.23. The second-order valence-corrected chi connectivity index (χ2v) is 9.44. The van der Waals surface area contributed by atoms with Crippen LogP contribution in [0.3, 0.4) is 0 Å². The molecule has 1 unspecified atom stereocenters. The fourth-order valence-electron chi connectivity index (χ4n) is 0.478. The summed E-state index contributed by atoms with van der Waals surface area (Å²) in [6, 6.07) is 0. The molecule has 0 saturated carbocycles. The van der Waals surface area contributed by atoms with Gasteiger partial charge in [-0.3, -0.25) is 0 Å². The molecule has 0 rings (SSSR count). The zero-order chi connectivity index (χ0) is 8.91. The molecule has 0 radical (unpaired) electrons. The lowest BCUT2D eigenvalue weighted by molar-refractivity contribution is 0.583. The van der Waals surface area contributed by atoms with E-state index < -0.39 is 6.34 Å². The summed E-state index contributed by atoms with van der Waals surface area (Å²) in [5, 5.41) is 0. The van der Waals surface area contributed by atoms with E-state index in [1.807, 2.05) is 20.5 Å². The van der Waals surface area contributed by atoms with Gasteiger partial charge in [-0.15, -0.1) is 0 Å². The Kier molecular flexibility index (Phi) is 5.49. The summed E-state index contributed by atoms with van der Waals surface area (Å²) >= 11 is 1.59. The van der Waals surface area contributed by atoms with E-state index >= 15 is 0 Å². The topological polar surface area (TPSA) is 43.1 Å². The number of nitrogens with two attached hydrogens (primary N) is 1. The first kappa shape index (κ1) is 11.5. The standard InChI is InChI=1S/C7H18NOPS/c1-7(2)10(3,9)11-6-4-5-8/h7H,4-6,8H2,1-3H3. The van der Waals surface area contributed by atoms with Crippen LogP contribution in [0.2, 0.25) is 0 Å². The summed E-state index contributed by atoms with van der Waals surface area (Å²) in [6.45, 7) is 6.58. The van der Waals surface area contributed by atoms with Crippen LogP contribution in [0.15, 0.2) is 0 Å². The van der Waals surface area contributed by atoms with E-state index in [0.29, 0.717) is 12.2 Å². The van der Waals surface area contributed by atoms with Gasteiger partial charge in [0, 0.05) is 11.4 Å². The molecule has 1 atom stereocenters. The normalized spacial score (nSPS) is 16.8. The lowest BCUT2D eigenvalue weighted by atomic mass is 10.5. The quantitative estimate of drug-likeness (QED) is 0.541. The second-order valence-electron chi connectivity index (χ2n) is 2.98. The summed E-state index contributed by atoms with van der Waals surface area (Å²) < 4.78 is 11.7. The summed E-state index contributed by atoms with van der Waals surface area (Å²) in [5.41, 5.74) is 5.63. The average molecular weight is 195 g/mol. The van der Waals surface area contributed by atoms with Crippen molar-refractivity contribution < 1.29 is 4.57 Å². The Hall–Kier alpha value is 0.540. The zero-order valence-electron chi connectivity index (χ0n) is 7.54. The zero-order valence-corrected chi connectivity index (χ0v) is 9.25. The van der Waals surface area contributed by atoms with E-state index in [1.165, 1.54) is 0 Å². The van der Waals surface area contributed by atoms with E-state index in [2.05, 4.69) is 0 Å². The van der Waals surface area contributed by atoms with Crippen LogP contribution in [0.1, 0.15) is 20.3 Å². The Morgan fingerprint density at radius 1 is 1.55 bits per heavy atom.